The van der Waals surface area contributed by atoms with E-state index in [2.05, 4.69) is 26.8 Å². The number of nitrogens with zero attached hydrogens (tertiary/aromatic N) is 3. The van der Waals surface area contributed by atoms with Crippen LogP contribution in [0.25, 0.3) is 0 Å². The highest BCUT2D eigenvalue weighted by atomic mass is 16.1. The summed E-state index contributed by atoms with van der Waals surface area (Å²) in [5, 5.41) is 3.05. The van der Waals surface area contributed by atoms with E-state index < -0.39 is 0 Å². The Hall–Kier alpha value is -2.17. The lowest BCUT2D eigenvalue weighted by molar-refractivity contribution is 0.0935. The van der Waals surface area contributed by atoms with Crippen LogP contribution in [0.2, 0.25) is 0 Å². The molecule has 5 heteroatoms. The number of imidazole rings is 1. The van der Waals surface area contributed by atoms with Crippen molar-refractivity contribution >= 4 is 5.91 Å². The second-order valence-electron chi connectivity index (χ2n) is 5.08. The van der Waals surface area contributed by atoms with Gasteiger partial charge >= 0.3 is 0 Å². The molecule has 0 bridgehead atoms. The van der Waals surface area contributed by atoms with Gasteiger partial charge in [0.15, 0.2) is 0 Å². The first-order chi connectivity index (χ1) is 9.69. The van der Waals surface area contributed by atoms with Crippen molar-refractivity contribution in [2.24, 2.45) is 0 Å². The quantitative estimate of drug-likeness (QED) is 0.928. The van der Waals surface area contributed by atoms with Crippen molar-refractivity contribution in [2.45, 2.75) is 39.3 Å². The van der Waals surface area contributed by atoms with Crippen LogP contribution >= 0.6 is 0 Å². The molecule has 2 aromatic rings. The highest BCUT2D eigenvalue weighted by Gasteiger charge is 2.25. The van der Waals surface area contributed by atoms with Gasteiger partial charge in [-0.05, 0) is 31.9 Å². The number of carbonyl (C=O) groups excluding carboxylic acids is 1. The summed E-state index contributed by atoms with van der Waals surface area (Å²) < 4.78 is 2.08. The molecule has 1 aliphatic heterocycles. The molecule has 1 aliphatic rings. The maximum Gasteiger partial charge on any atom is 0.253 e. The lowest BCUT2D eigenvalue weighted by atomic mass is 10.1. The molecule has 0 spiro atoms. The Labute approximate surface area is 118 Å². The topological polar surface area (TPSA) is 59.8 Å². The minimum absolute atomic E-state index is 0.00255. The number of nitrogens with one attached hydrogen (secondary N) is 1. The molecule has 104 valence electrons. The number of amides is 1. The summed E-state index contributed by atoms with van der Waals surface area (Å²) in [6, 6.07) is 3.78. The van der Waals surface area contributed by atoms with Crippen molar-refractivity contribution in [3.8, 4) is 0 Å². The third-order valence-corrected chi connectivity index (χ3v) is 3.77. The minimum atomic E-state index is -0.0703. The molecule has 1 unspecified atom stereocenters. The molecule has 2 aromatic heterocycles. The number of carbonyl (C=O) groups is 1. The molecule has 0 saturated carbocycles. The van der Waals surface area contributed by atoms with Gasteiger partial charge in [0, 0.05) is 24.6 Å². The third-order valence-electron chi connectivity index (χ3n) is 3.77. The van der Waals surface area contributed by atoms with Gasteiger partial charge in [-0.3, -0.25) is 9.78 Å². The number of hydrogen-bond donors (Lipinski definition) is 1. The predicted molar refractivity (Wildman–Crippen MR) is 75.4 cm³/mol. The highest BCUT2D eigenvalue weighted by molar-refractivity contribution is 5.95. The van der Waals surface area contributed by atoms with E-state index >= 15 is 0 Å². The molecule has 0 saturated heterocycles. The Morgan fingerprint density at radius 1 is 1.50 bits per heavy atom. The minimum Gasteiger partial charge on any atom is -0.342 e. The second kappa shape index (κ2) is 5.07. The maximum absolute atomic E-state index is 12.4. The average molecular weight is 270 g/mol. The van der Waals surface area contributed by atoms with Gasteiger partial charge in [0.1, 0.15) is 5.82 Å². The number of aromatic nitrogens is 3. The van der Waals surface area contributed by atoms with Gasteiger partial charge in [0.2, 0.25) is 0 Å². The molecule has 0 fully saturated rings. The van der Waals surface area contributed by atoms with Crippen molar-refractivity contribution in [3.63, 3.8) is 0 Å². The molecular weight excluding hydrogens is 252 g/mol. The van der Waals surface area contributed by atoms with E-state index in [0.717, 1.165) is 36.6 Å². The first-order valence-corrected chi connectivity index (χ1v) is 6.97. The van der Waals surface area contributed by atoms with E-state index in [9.17, 15) is 4.79 Å². The lowest BCUT2D eigenvalue weighted by Gasteiger charge is -2.13. The summed E-state index contributed by atoms with van der Waals surface area (Å²) in [7, 11) is 0. The summed E-state index contributed by atoms with van der Waals surface area (Å²) in [6.07, 6.45) is 5.50. The van der Waals surface area contributed by atoms with E-state index in [1.54, 1.807) is 6.20 Å². The van der Waals surface area contributed by atoms with Gasteiger partial charge in [-0.15, -0.1) is 0 Å². The molecule has 3 rings (SSSR count). The Morgan fingerprint density at radius 3 is 3.10 bits per heavy atom. The smallest absolute Gasteiger partial charge is 0.253 e. The summed E-state index contributed by atoms with van der Waals surface area (Å²) in [5.74, 6) is 0.869. The van der Waals surface area contributed by atoms with Gasteiger partial charge in [0.25, 0.3) is 5.91 Å². The van der Waals surface area contributed by atoms with Gasteiger partial charge in [0.05, 0.1) is 17.3 Å². The number of hydrogen-bond acceptors (Lipinski definition) is 3. The van der Waals surface area contributed by atoms with Crippen molar-refractivity contribution in [1.82, 2.24) is 19.9 Å². The van der Waals surface area contributed by atoms with E-state index in [-0.39, 0.29) is 11.9 Å². The normalized spacial score (nSPS) is 17.0. The summed E-state index contributed by atoms with van der Waals surface area (Å²) in [4.78, 5) is 21.1. The Morgan fingerprint density at radius 2 is 2.35 bits per heavy atom. The summed E-state index contributed by atoms with van der Waals surface area (Å²) in [5.41, 5.74) is 2.44. The fourth-order valence-corrected chi connectivity index (χ4v) is 2.64. The van der Waals surface area contributed by atoms with Crippen LogP contribution in [0.1, 0.15) is 47.0 Å². The van der Waals surface area contributed by atoms with Crippen LogP contribution in [0.3, 0.4) is 0 Å². The van der Waals surface area contributed by atoms with Gasteiger partial charge < -0.3 is 9.88 Å². The van der Waals surface area contributed by atoms with Crippen LogP contribution < -0.4 is 5.32 Å². The number of pyridine rings is 1. The average Bonchev–Trinajstić information content (AvgIpc) is 3.03. The number of aryl methyl sites for hydroxylation is 3. The molecular formula is C15H18N4O. The Kier molecular flexibility index (Phi) is 3.26. The molecule has 1 atom stereocenters. The highest BCUT2D eigenvalue weighted by Crippen LogP contribution is 2.24. The fraction of sp³-hybridized carbons (Fsp3) is 0.400. The summed E-state index contributed by atoms with van der Waals surface area (Å²) in [6.45, 7) is 4.84. The van der Waals surface area contributed by atoms with Crippen molar-refractivity contribution < 1.29 is 4.79 Å². The van der Waals surface area contributed by atoms with Crippen molar-refractivity contribution in [1.29, 1.82) is 0 Å². The number of rotatable bonds is 3. The summed E-state index contributed by atoms with van der Waals surface area (Å²) >= 11 is 0. The third kappa shape index (κ3) is 2.19. The van der Waals surface area contributed by atoms with E-state index in [0.29, 0.717) is 5.56 Å². The molecule has 1 amide bonds. The molecule has 0 aliphatic carbocycles. The number of fused-ring (bicyclic) bond motifs is 1. The van der Waals surface area contributed by atoms with Crippen LogP contribution in [0.15, 0.2) is 24.5 Å². The molecule has 5 nitrogen and oxygen atoms in total. The maximum atomic E-state index is 12.4. The van der Waals surface area contributed by atoms with Crippen molar-refractivity contribution in [3.05, 3.63) is 47.3 Å². The zero-order chi connectivity index (χ0) is 14.1. The van der Waals surface area contributed by atoms with E-state index in [1.807, 2.05) is 25.3 Å². The van der Waals surface area contributed by atoms with Crippen LogP contribution in [0, 0.1) is 6.92 Å². The van der Waals surface area contributed by atoms with Crippen LogP contribution in [-0.4, -0.2) is 20.4 Å². The molecule has 1 N–H and O–H groups in total. The zero-order valence-electron chi connectivity index (χ0n) is 11.8. The molecule has 0 radical (unpaired) electrons. The van der Waals surface area contributed by atoms with Crippen LogP contribution in [0.4, 0.5) is 0 Å². The van der Waals surface area contributed by atoms with Crippen LogP contribution in [-0.2, 0) is 13.0 Å². The van der Waals surface area contributed by atoms with Gasteiger partial charge in [-0.1, -0.05) is 6.92 Å². The predicted octanol–water partition coefficient (Wildman–Crippen LogP) is 2.02. The van der Waals surface area contributed by atoms with Crippen LogP contribution in [0.5, 0.6) is 0 Å². The fourth-order valence-electron chi connectivity index (χ4n) is 2.64. The van der Waals surface area contributed by atoms with Crippen molar-refractivity contribution in [2.75, 3.05) is 0 Å². The van der Waals surface area contributed by atoms with E-state index in [1.165, 1.54) is 0 Å². The molecule has 3 heterocycles. The Balaban J connectivity index is 1.77. The zero-order valence-corrected chi connectivity index (χ0v) is 11.8. The largest absolute Gasteiger partial charge is 0.342 e. The Bertz CT molecular complexity index is 647. The van der Waals surface area contributed by atoms with Gasteiger partial charge in [-0.2, -0.15) is 0 Å². The SMILES string of the molecule is CCc1ccc(C(=O)NC2CCn3ccnc32)c(C)n1. The first-order valence-electron chi connectivity index (χ1n) is 6.97. The molecule has 0 aromatic carbocycles. The monoisotopic (exact) mass is 270 g/mol. The molecule has 20 heavy (non-hydrogen) atoms. The second-order valence-corrected chi connectivity index (χ2v) is 5.08. The van der Waals surface area contributed by atoms with Gasteiger partial charge in [-0.25, -0.2) is 4.98 Å². The van der Waals surface area contributed by atoms with E-state index in [4.69, 9.17) is 0 Å². The lowest BCUT2D eigenvalue weighted by Crippen LogP contribution is -2.28. The first kappa shape index (κ1) is 12.8. The standard InChI is InChI=1S/C15H18N4O/c1-3-11-4-5-12(10(2)17-11)15(20)18-13-6-8-19-9-7-16-14(13)19/h4-5,7,9,13H,3,6,8H2,1-2H3,(H,18,20).